The van der Waals surface area contributed by atoms with E-state index in [0.717, 1.165) is 17.0 Å². The zero-order valence-corrected chi connectivity index (χ0v) is 12.8. The molecule has 1 aromatic heterocycles. The maximum atomic E-state index is 6.27. The summed E-state index contributed by atoms with van der Waals surface area (Å²) < 4.78 is 7.27. The summed E-state index contributed by atoms with van der Waals surface area (Å²) in [5, 5.41) is 5.17. The largest absolute Gasteiger partial charge is 0.496 e. The summed E-state index contributed by atoms with van der Waals surface area (Å²) in [4.78, 5) is 0. The summed E-state index contributed by atoms with van der Waals surface area (Å²) in [5.74, 6) is 0.755. The number of aromatic nitrogens is 2. The van der Waals surface area contributed by atoms with Crippen molar-refractivity contribution in [3.05, 3.63) is 46.7 Å². The third-order valence-corrected chi connectivity index (χ3v) is 3.45. The molecule has 0 saturated heterocycles. The van der Waals surface area contributed by atoms with Crippen LogP contribution in [0.15, 0.2) is 30.5 Å². The van der Waals surface area contributed by atoms with Gasteiger partial charge in [-0.15, -0.1) is 0 Å². The molecule has 0 aliphatic carbocycles. The van der Waals surface area contributed by atoms with Crippen LogP contribution in [0.1, 0.15) is 37.2 Å². The van der Waals surface area contributed by atoms with Gasteiger partial charge in [0.05, 0.1) is 12.8 Å². The summed E-state index contributed by atoms with van der Waals surface area (Å²) in [6.07, 6.45) is 2.62. The van der Waals surface area contributed by atoms with Crippen molar-refractivity contribution < 1.29 is 4.74 Å². The van der Waals surface area contributed by atoms with Crippen LogP contribution in [0.5, 0.6) is 5.75 Å². The number of hydrogen-bond acceptors (Lipinski definition) is 3. The lowest BCUT2D eigenvalue weighted by Crippen LogP contribution is -2.15. The second kappa shape index (κ2) is 6.29. The van der Waals surface area contributed by atoms with Crippen LogP contribution >= 0.6 is 11.6 Å². The standard InChI is InChI=1S/C15H20ClN3O/c1-10(2)19-7-6-12(18-19)9-14(17)13-8-11(16)4-5-15(13)20-3/h4-8,10,14H,9,17H2,1-3H3. The van der Waals surface area contributed by atoms with E-state index in [-0.39, 0.29) is 6.04 Å². The molecular formula is C15H20ClN3O. The van der Waals surface area contributed by atoms with E-state index < -0.39 is 0 Å². The normalized spacial score (nSPS) is 12.7. The van der Waals surface area contributed by atoms with Crippen molar-refractivity contribution in [2.75, 3.05) is 7.11 Å². The Kier molecular flexibility index (Phi) is 4.68. The summed E-state index contributed by atoms with van der Waals surface area (Å²) >= 11 is 6.04. The van der Waals surface area contributed by atoms with E-state index in [0.29, 0.717) is 17.5 Å². The molecule has 2 N–H and O–H groups in total. The molecule has 108 valence electrons. The van der Waals surface area contributed by atoms with Crippen LogP contribution in [0.25, 0.3) is 0 Å². The lowest BCUT2D eigenvalue weighted by atomic mass is 10.0. The van der Waals surface area contributed by atoms with Gasteiger partial charge in [0.25, 0.3) is 0 Å². The first-order valence-electron chi connectivity index (χ1n) is 6.64. The van der Waals surface area contributed by atoms with Gasteiger partial charge in [0.1, 0.15) is 5.75 Å². The van der Waals surface area contributed by atoms with Crippen molar-refractivity contribution in [3.8, 4) is 5.75 Å². The number of nitrogens with zero attached hydrogens (tertiary/aromatic N) is 2. The monoisotopic (exact) mass is 293 g/mol. The third kappa shape index (κ3) is 3.32. The van der Waals surface area contributed by atoms with Crippen molar-refractivity contribution in [2.45, 2.75) is 32.4 Å². The molecule has 1 atom stereocenters. The molecule has 1 aromatic carbocycles. The second-order valence-corrected chi connectivity index (χ2v) is 5.51. The molecule has 5 heteroatoms. The molecule has 0 fully saturated rings. The van der Waals surface area contributed by atoms with Crippen LogP contribution in [-0.4, -0.2) is 16.9 Å². The van der Waals surface area contributed by atoms with Gasteiger partial charge >= 0.3 is 0 Å². The Morgan fingerprint density at radius 2 is 2.10 bits per heavy atom. The highest BCUT2D eigenvalue weighted by Crippen LogP contribution is 2.28. The number of nitrogens with two attached hydrogens (primary N) is 1. The fraction of sp³-hybridized carbons (Fsp3) is 0.400. The van der Waals surface area contributed by atoms with E-state index in [1.54, 1.807) is 13.2 Å². The Bertz CT molecular complexity index is 580. The van der Waals surface area contributed by atoms with E-state index in [1.807, 2.05) is 29.1 Å². The lowest BCUT2D eigenvalue weighted by Gasteiger charge is -2.15. The molecule has 1 heterocycles. The number of rotatable bonds is 5. The van der Waals surface area contributed by atoms with Gasteiger partial charge in [0.15, 0.2) is 0 Å². The average Bonchev–Trinajstić information content (AvgIpc) is 2.87. The van der Waals surface area contributed by atoms with Gasteiger partial charge in [-0.1, -0.05) is 11.6 Å². The summed E-state index contributed by atoms with van der Waals surface area (Å²) in [6, 6.07) is 7.63. The fourth-order valence-electron chi connectivity index (χ4n) is 2.10. The molecule has 0 saturated carbocycles. The van der Waals surface area contributed by atoms with Crippen LogP contribution in [-0.2, 0) is 6.42 Å². The SMILES string of the molecule is COc1ccc(Cl)cc1C(N)Cc1ccn(C(C)C)n1. The number of halogens is 1. The quantitative estimate of drug-likeness (QED) is 0.919. The minimum Gasteiger partial charge on any atom is -0.496 e. The van der Waals surface area contributed by atoms with Crippen LogP contribution in [0, 0.1) is 0 Å². The summed E-state index contributed by atoms with van der Waals surface area (Å²) in [5.41, 5.74) is 8.14. The average molecular weight is 294 g/mol. The fourth-order valence-corrected chi connectivity index (χ4v) is 2.28. The zero-order valence-electron chi connectivity index (χ0n) is 12.0. The first-order valence-corrected chi connectivity index (χ1v) is 7.02. The minimum absolute atomic E-state index is 0.195. The molecule has 0 aliphatic heterocycles. The Hall–Kier alpha value is -1.52. The smallest absolute Gasteiger partial charge is 0.123 e. The predicted molar refractivity (Wildman–Crippen MR) is 81.2 cm³/mol. The van der Waals surface area contributed by atoms with Gasteiger partial charge in [0, 0.05) is 35.3 Å². The van der Waals surface area contributed by atoms with Crippen molar-refractivity contribution in [2.24, 2.45) is 5.73 Å². The summed E-state index contributed by atoms with van der Waals surface area (Å²) in [6.45, 7) is 4.19. The molecule has 4 nitrogen and oxygen atoms in total. The lowest BCUT2D eigenvalue weighted by molar-refractivity contribution is 0.405. The van der Waals surface area contributed by atoms with E-state index in [2.05, 4.69) is 18.9 Å². The molecule has 0 radical (unpaired) electrons. The maximum Gasteiger partial charge on any atom is 0.123 e. The first-order chi connectivity index (χ1) is 9.51. The first kappa shape index (κ1) is 14.9. The van der Waals surface area contributed by atoms with E-state index in [9.17, 15) is 0 Å². The van der Waals surface area contributed by atoms with E-state index in [1.165, 1.54) is 0 Å². The maximum absolute atomic E-state index is 6.27. The van der Waals surface area contributed by atoms with Gasteiger partial charge in [0.2, 0.25) is 0 Å². The molecule has 0 spiro atoms. The van der Waals surface area contributed by atoms with Crippen molar-refractivity contribution in [1.29, 1.82) is 0 Å². The van der Waals surface area contributed by atoms with Crippen LogP contribution in [0.2, 0.25) is 5.02 Å². The number of methoxy groups -OCH3 is 1. The molecule has 0 aliphatic rings. The minimum atomic E-state index is -0.195. The Morgan fingerprint density at radius 3 is 2.70 bits per heavy atom. The topological polar surface area (TPSA) is 53.1 Å². The van der Waals surface area contributed by atoms with Crippen molar-refractivity contribution in [1.82, 2.24) is 9.78 Å². The van der Waals surface area contributed by atoms with Crippen LogP contribution < -0.4 is 10.5 Å². The van der Waals surface area contributed by atoms with Gasteiger partial charge < -0.3 is 10.5 Å². The Balaban J connectivity index is 2.18. The second-order valence-electron chi connectivity index (χ2n) is 5.08. The zero-order chi connectivity index (χ0) is 14.7. The third-order valence-electron chi connectivity index (χ3n) is 3.21. The molecule has 2 rings (SSSR count). The van der Waals surface area contributed by atoms with Crippen molar-refractivity contribution >= 4 is 11.6 Å². The van der Waals surface area contributed by atoms with E-state index >= 15 is 0 Å². The van der Waals surface area contributed by atoms with Crippen LogP contribution in [0.3, 0.4) is 0 Å². The van der Waals surface area contributed by atoms with E-state index in [4.69, 9.17) is 22.1 Å². The molecule has 0 bridgehead atoms. The highest BCUT2D eigenvalue weighted by molar-refractivity contribution is 6.30. The van der Waals surface area contributed by atoms with Crippen LogP contribution in [0.4, 0.5) is 0 Å². The molecule has 2 aromatic rings. The number of benzene rings is 1. The Labute approximate surface area is 124 Å². The molecule has 20 heavy (non-hydrogen) atoms. The van der Waals surface area contributed by atoms with Gasteiger partial charge in [-0.05, 0) is 38.1 Å². The number of hydrogen-bond donors (Lipinski definition) is 1. The predicted octanol–water partition coefficient (Wildman–Crippen LogP) is 3.37. The van der Waals surface area contributed by atoms with Gasteiger partial charge in [-0.3, -0.25) is 4.68 Å². The highest BCUT2D eigenvalue weighted by atomic mass is 35.5. The van der Waals surface area contributed by atoms with Crippen molar-refractivity contribution in [3.63, 3.8) is 0 Å². The summed E-state index contributed by atoms with van der Waals surface area (Å²) in [7, 11) is 1.63. The molecule has 1 unspecified atom stereocenters. The highest BCUT2D eigenvalue weighted by Gasteiger charge is 2.15. The number of ether oxygens (including phenoxy) is 1. The Morgan fingerprint density at radius 1 is 1.35 bits per heavy atom. The molecule has 0 amide bonds. The van der Waals surface area contributed by atoms with Gasteiger partial charge in [-0.25, -0.2) is 0 Å². The molecular weight excluding hydrogens is 274 g/mol. The van der Waals surface area contributed by atoms with Gasteiger partial charge in [-0.2, -0.15) is 5.10 Å².